The van der Waals surface area contributed by atoms with Gasteiger partial charge in [-0.3, -0.25) is 14.8 Å². The molecule has 1 amide bonds. The predicted molar refractivity (Wildman–Crippen MR) is 105 cm³/mol. The van der Waals surface area contributed by atoms with Gasteiger partial charge in [0, 0.05) is 37.9 Å². The summed E-state index contributed by atoms with van der Waals surface area (Å²) in [5.41, 5.74) is 12.9. The van der Waals surface area contributed by atoms with Gasteiger partial charge in [-0.05, 0) is 32.0 Å². The molecule has 1 aromatic heterocycles. The molecule has 0 saturated carbocycles. The van der Waals surface area contributed by atoms with Crippen molar-refractivity contribution in [3.05, 3.63) is 28.8 Å². The van der Waals surface area contributed by atoms with Crippen molar-refractivity contribution in [2.45, 2.75) is 19.9 Å². The first-order chi connectivity index (χ1) is 12.4. The minimum absolute atomic E-state index is 0.130. The number of nitrogens with two attached hydrogens (primary N) is 2. The van der Waals surface area contributed by atoms with Crippen molar-refractivity contribution in [2.75, 3.05) is 42.1 Å². The van der Waals surface area contributed by atoms with Crippen LogP contribution in [0.15, 0.2) is 18.2 Å². The number of amides is 1. The normalized spacial score (nSPS) is 15.5. The lowest BCUT2D eigenvalue weighted by atomic mass is 10.2. The molecule has 8 nitrogen and oxygen atoms in total. The Balaban J connectivity index is 1.74. The van der Waals surface area contributed by atoms with Gasteiger partial charge in [0.25, 0.3) is 5.91 Å². The Hall–Kier alpha value is -2.45. The molecular weight excluding hydrogens is 354 g/mol. The van der Waals surface area contributed by atoms with E-state index in [-0.39, 0.29) is 17.2 Å². The molecule has 1 aliphatic rings. The van der Waals surface area contributed by atoms with Crippen molar-refractivity contribution >= 4 is 40.5 Å². The van der Waals surface area contributed by atoms with E-state index in [1.54, 1.807) is 6.07 Å². The summed E-state index contributed by atoms with van der Waals surface area (Å²) in [6, 6.07) is 6.22. The van der Waals surface area contributed by atoms with Crippen LogP contribution in [0.3, 0.4) is 0 Å². The Kier molecular flexibility index (Phi) is 5.24. The number of rotatable bonds is 5. The van der Waals surface area contributed by atoms with Crippen molar-refractivity contribution < 1.29 is 4.79 Å². The zero-order chi connectivity index (χ0) is 18.8. The maximum Gasteiger partial charge on any atom is 0.256 e. The molecule has 1 aliphatic heterocycles. The number of hydrogen-bond donors (Lipinski definition) is 4. The van der Waals surface area contributed by atoms with E-state index in [1.807, 2.05) is 12.1 Å². The number of aromatic nitrogens is 2. The summed E-state index contributed by atoms with van der Waals surface area (Å²) in [4.78, 5) is 16.2. The Morgan fingerprint density at radius 2 is 2.00 bits per heavy atom. The molecule has 26 heavy (non-hydrogen) atoms. The highest BCUT2D eigenvalue weighted by Crippen LogP contribution is 2.31. The molecule has 9 heteroatoms. The van der Waals surface area contributed by atoms with Crippen molar-refractivity contribution in [1.82, 2.24) is 15.1 Å². The van der Waals surface area contributed by atoms with Gasteiger partial charge in [-0.25, -0.2) is 0 Å². The Labute approximate surface area is 157 Å². The first kappa shape index (κ1) is 18.3. The number of nitrogen functional groups attached to an aromatic ring is 1. The summed E-state index contributed by atoms with van der Waals surface area (Å²) in [5.74, 6) is -0.236. The average Bonchev–Trinajstić information content (AvgIpc) is 2.95. The first-order valence-electron chi connectivity index (χ1n) is 8.56. The Morgan fingerprint density at radius 1 is 1.31 bits per heavy atom. The zero-order valence-corrected chi connectivity index (χ0v) is 15.7. The minimum Gasteiger partial charge on any atom is -0.383 e. The fourth-order valence-electron chi connectivity index (χ4n) is 3.15. The second kappa shape index (κ2) is 7.43. The van der Waals surface area contributed by atoms with Crippen molar-refractivity contribution in [3.8, 4) is 0 Å². The molecule has 3 rings (SSSR count). The number of aromatic amines is 1. The van der Waals surface area contributed by atoms with Gasteiger partial charge in [0.1, 0.15) is 11.4 Å². The minimum atomic E-state index is -0.649. The van der Waals surface area contributed by atoms with Crippen molar-refractivity contribution in [3.63, 3.8) is 0 Å². The number of carbonyl (C=O) groups excluding carboxylic acids is 1. The molecule has 140 valence electrons. The number of nitrogens with zero attached hydrogens (tertiary/aromatic N) is 3. The number of primary amides is 1. The zero-order valence-electron chi connectivity index (χ0n) is 14.9. The maximum atomic E-state index is 11.5. The third-order valence-corrected chi connectivity index (χ3v) is 4.94. The van der Waals surface area contributed by atoms with Crippen LogP contribution < -0.4 is 21.7 Å². The smallest absolute Gasteiger partial charge is 0.256 e. The predicted octanol–water partition coefficient (Wildman–Crippen LogP) is 2.02. The Bertz CT molecular complexity index is 796. The quantitative estimate of drug-likeness (QED) is 0.633. The van der Waals surface area contributed by atoms with Gasteiger partial charge in [0.2, 0.25) is 0 Å². The number of H-pyrrole nitrogens is 1. The van der Waals surface area contributed by atoms with Crippen molar-refractivity contribution in [2.24, 2.45) is 5.73 Å². The van der Waals surface area contributed by atoms with E-state index < -0.39 is 5.91 Å². The lowest BCUT2D eigenvalue weighted by Gasteiger charge is -2.38. The van der Waals surface area contributed by atoms with Gasteiger partial charge < -0.3 is 21.7 Å². The van der Waals surface area contributed by atoms with Crippen LogP contribution in [-0.2, 0) is 0 Å². The Morgan fingerprint density at radius 3 is 2.58 bits per heavy atom. The van der Waals surface area contributed by atoms with Crippen LogP contribution in [0.2, 0.25) is 5.02 Å². The molecule has 1 fully saturated rings. The summed E-state index contributed by atoms with van der Waals surface area (Å²) >= 11 is 6.50. The molecule has 0 atom stereocenters. The summed E-state index contributed by atoms with van der Waals surface area (Å²) < 4.78 is 0. The highest BCUT2D eigenvalue weighted by Gasteiger charge is 2.21. The van der Waals surface area contributed by atoms with E-state index in [2.05, 4.69) is 39.2 Å². The van der Waals surface area contributed by atoms with E-state index >= 15 is 0 Å². The number of anilines is 4. The highest BCUT2D eigenvalue weighted by molar-refractivity contribution is 6.33. The molecule has 2 aromatic rings. The van der Waals surface area contributed by atoms with E-state index in [1.165, 1.54) is 0 Å². The van der Waals surface area contributed by atoms with Crippen LogP contribution >= 0.6 is 11.6 Å². The van der Waals surface area contributed by atoms with E-state index in [0.29, 0.717) is 16.8 Å². The molecule has 0 spiro atoms. The summed E-state index contributed by atoms with van der Waals surface area (Å²) in [5, 5.41) is 10.2. The molecule has 0 bridgehead atoms. The van der Waals surface area contributed by atoms with E-state index in [4.69, 9.17) is 23.1 Å². The molecule has 0 unspecified atom stereocenters. The molecule has 1 aromatic carbocycles. The van der Waals surface area contributed by atoms with Crippen LogP contribution in [0.4, 0.5) is 23.0 Å². The highest BCUT2D eigenvalue weighted by atomic mass is 35.5. The van der Waals surface area contributed by atoms with Gasteiger partial charge in [0.15, 0.2) is 5.82 Å². The van der Waals surface area contributed by atoms with E-state index in [9.17, 15) is 4.79 Å². The van der Waals surface area contributed by atoms with Crippen LogP contribution in [0.1, 0.15) is 24.2 Å². The monoisotopic (exact) mass is 377 g/mol. The van der Waals surface area contributed by atoms with Gasteiger partial charge in [0.05, 0.1) is 10.7 Å². The lowest BCUT2D eigenvalue weighted by Crippen LogP contribution is -2.49. The molecule has 0 radical (unpaired) electrons. The number of halogens is 1. The van der Waals surface area contributed by atoms with Gasteiger partial charge in [-0.15, -0.1) is 0 Å². The SMILES string of the molecule is CC(C)N1CCN(c2ccc(Nc3n[nH]c(N)c3C(N)=O)cc2Cl)CC1. The number of hydrogen-bond acceptors (Lipinski definition) is 6. The number of benzene rings is 1. The molecule has 1 saturated heterocycles. The first-order valence-corrected chi connectivity index (χ1v) is 8.94. The number of nitrogens with one attached hydrogen (secondary N) is 2. The van der Waals surface area contributed by atoms with Gasteiger partial charge >= 0.3 is 0 Å². The summed E-state index contributed by atoms with van der Waals surface area (Å²) in [7, 11) is 0. The van der Waals surface area contributed by atoms with Crippen LogP contribution in [-0.4, -0.2) is 53.2 Å². The van der Waals surface area contributed by atoms with Gasteiger partial charge in [-0.1, -0.05) is 11.6 Å². The number of piperazine rings is 1. The third kappa shape index (κ3) is 3.71. The summed E-state index contributed by atoms with van der Waals surface area (Å²) in [6.45, 7) is 8.33. The molecule has 2 heterocycles. The largest absolute Gasteiger partial charge is 0.383 e. The standard InChI is InChI=1S/C17H24ClN7O/c1-10(2)24-5-7-25(8-6-24)13-4-3-11(9-12(13)18)21-17-14(16(20)26)15(19)22-23-17/h3-4,9-10H,5-8H2,1-2H3,(H2,20,26)(H4,19,21,22,23). The molecule has 0 aliphatic carbocycles. The average molecular weight is 378 g/mol. The fourth-order valence-corrected chi connectivity index (χ4v) is 3.45. The maximum absolute atomic E-state index is 11.5. The van der Waals surface area contributed by atoms with Crippen molar-refractivity contribution in [1.29, 1.82) is 0 Å². The van der Waals surface area contributed by atoms with Crippen LogP contribution in [0.5, 0.6) is 0 Å². The third-order valence-electron chi connectivity index (χ3n) is 4.64. The topological polar surface area (TPSA) is 116 Å². The number of carbonyl (C=O) groups is 1. The second-order valence-corrected chi connectivity index (χ2v) is 7.04. The van der Waals surface area contributed by atoms with E-state index in [0.717, 1.165) is 31.9 Å². The summed E-state index contributed by atoms with van der Waals surface area (Å²) in [6.07, 6.45) is 0. The lowest BCUT2D eigenvalue weighted by molar-refractivity contribution is 0.100. The molecular formula is C17H24ClN7O. The second-order valence-electron chi connectivity index (χ2n) is 6.63. The fraction of sp³-hybridized carbons (Fsp3) is 0.412. The van der Waals surface area contributed by atoms with Crippen LogP contribution in [0.25, 0.3) is 0 Å². The molecule has 6 N–H and O–H groups in total. The van der Waals surface area contributed by atoms with Crippen LogP contribution in [0, 0.1) is 0 Å². The van der Waals surface area contributed by atoms with Gasteiger partial charge in [-0.2, -0.15) is 5.10 Å².